The van der Waals surface area contributed by atoms with Crippen molar-refractivity contribution in [3.8, 4) is 0 Å². The molecule has 0 radical (unpaired) electrons. The van der Waals surface area contributed by atoms with E-state index in [2.05, 4.69) is 32.2 Å². The first-order valence-electron chi connectivity index (χ1n) is 7.10. The summed E-state index contributed by atoms with van der Waals surface area (Å²) in [7, 11) is 0. The fraction of sp³-hybridized carbons (Fsp3) is 0.467. The van der Waals surface area contributed by atoms with Crippen molar-refractivity contribution in [3.05, 3.63) is 35.0 Å². The number of nitrogens with one attached hydrogen (secondary N) is 1. The molecule has 0 spiro atoms. The summed E-state index contributed by atoms with van der Waals surface area (Å²) in [6.45, 7) is 9.00. The van der Waals surface area contributed by atoms with E-state index in [1.807, 2.05) is 32.9 Å². The number of aryl methyl sites for hydroxylation is 3. The van der Waals surface area contributed by atoms with Gasteiger partial charge in [0.15, 0.2) is 5.16 Å². The number of rotatable bonds is 6. The van der Waals surface area contributed by atoms with Crippen molar-refractivity contribution in [1.82, 2.24) is 19.9 Å². The minimum Gasteiger partial charge on any atom is -0.370 e. The van der Waals surface area contributed by atoms with Crippen LogP contribution in [-0.2, 0) is 5.75 Å². The molecular weight excluding hydrogens is 282 g/mol. The summed E-state index contributed by atoms with van der Waals surface area (Å²) >= 11 is 1.57. The van der Waals surface area contributed by atoms with Crippen LogP contribution >= 0.6 is 11.8 Å². The van der Waals surface area contributed by atoms with E-state index in [0.29, 0.717) is 5.75 Å². The largest absolute Gasteiger partial charge is 0.370 e. The van der Waals surface area contributed by atoms with E-state index in [4.69, 9.17) is 0 Å². The summed E-state index contributed by atoms with van der Waals surface area (Å²) in [5.74, 6) is 2.37. The number of hydrogen-bond acceptors (Lipinski definition) is 6. The molecule has 2 aromatic heterocycles. The molecule has 0 fully saturated rings. The van der Waals surface area contributed by atoms with Gasteiger partial charge in [0.2, 0.25) is 0 Å². The predicted molar refractivity (Wildman–Crippen MR) is 86.6 cm³/mol. The molecule has 0 aromatic carbocycles. The van der Waals surface area contributed by atoms with Crippen LogP contribution in [0.25, 0.3) is 0 Å². The molecule has 2 aromatic rings. The van der Waals surface area contributed by atoms with E-state index in [-0.39, 0.29) is 0 Å². The van der Waals surface area contributed by atoms with Crippen LogP contribution < -0.4 is 5.32 Å². The van der Waals surface area contributed by atoms with Gasteiger partial charge in [-0.05, 0) is 33.3 Å². The summed E-state index contributed by atoms with van der Waals surface area (Å²) < 4.78 is 0. The topological polar surface area (TPSA) is 63.6 Å². The molecular formula is C15H21N5S. The van der Waals surface area contributed by atoms with Crippen LogP contribution in [0.5, 0.6) is 0 Å². The molecule has 1 N–H and O–H groups in total. The van der Waals surface area contributed by atoms with Gasteiger partial charge in [0.05, 0.1) is 5.75 Å². The smallest absolute Gasteiger partial charge is 0.188 e. The van der Waals surface area contributed by atoms with Gasteiger partial charge in [0, 0.05) is 29.7 Å². The fourth-order valence-electron chi connectivity index (χ4n) is 1.93. The second-order valence-corrected chi connectivity index (χ2v) is 5.90. The third kappa shape index (κ3) is 4.97. The van der Waals surface area contributed by atoms with Crippen molar-refractivity contribution in [2.75, 3.05) is 11.9 Å². The maximum atomic E-state index is 4.53. The molecule has 0 aliphatic carbocycles. The van der Waals surface area contributed by atoms with Crippen molar-refractivity contribution in [2.24, 2.45) is 0 Å². The predicted octanol–water partition coefficient (Wildman–Crippen LogP) is 3.31. The average Bonchev–Trinajstić information content (AvgIpc) is 2.41. The van der Waals surface area contributed by atoms with Crippen molar-refractivity contribution < 1.29 is 0 Å². The van der Waals surface area contributed by atoms with Gasteiger partial charge in [0.1, 0.15) is 11.6 Å². The van der Waals surface area contributed by atoms with Crippen molar-refractivity contribution >= 4 is 17.6 Å². The van der Waals surface area contributed by atoms with Crippen LogP contribution in [0.15, 0.2) is 17.3 Å². The summed E-state index contributed by atoms with van der Waals surface area (Å²) in [4.78, 5) is 17.9. The number of thioether (sulfide) groups is 1. The standard InChI is InChI=1S/C15H21N5S/c1-5-6-16-13-8-12(4)17-14(20-13)9-21-15-18-10(2)7-11(3)19-15/h7-8H,5-6,9H2,1-4H3,(H,16,17,20). The Morgan fingerprint density at radius 1 is 0.952 bits per heavy atom. The summed E-state index contributed by atoms with van der Waals surface area (Å²) in [5.41, 5.74) is 2.95. The Labute approximate surface area is 130 Å². The van der Waals surface area contributed by atoms with Crippen LogP contribution in [-0.4, -0.2) is 26.5 Å². The first-order valence-corrected chi connectivity index (χ1v) is 8.09. The first-order chi connectivity index (χ1) is 10.1. The Balaban J connectivity index is 2.06. The van der Waals surface area contributed by atoms with E-state index in [1.165, 1.54) is 0 Å². The lowest BCUT2D eigenvalue weighted by atomic mass is 10.4. The molecule has 0 saturated carbocycles. The number of anilines is 1. The molecule has 0 aliphatic rings. The zero-order valence-electron chi connectivity index (χ0n) is 13.0. The van der Waals surface area contributed by atoms with Crippen LogP contribution in [0.4, 0.5) is 5.82 Å². The molecule has 2 rings (SSSR count). The van der Waals surface area contributed by atoms with Crippen molar-refractivity contribution in [2.45, 2.75) is 45.0 Å². The lowest BCUT2D eigenvalue weighted by Gasteiger charge is -2.07. The molecule has 2 heterocycles. The quantitative estimate of drug-likeness (QED) is 0.652. The van der Waals surface area contributed by atoms with Crippen LogP contribution in [0, 0.1) is 20.8 Å². The Kier molecular flexibility index (Phi) is 5.50. The summed E-state index contributed by atoms with van der Waals surface area (Å²) in [5, 5.41) is 4.08. The maximum Gasteiger partial charge on any atom is 0.188 e. The Hall–Kier alpha value is -1.69. The number of nitrogens with zero attached hydrogens (tertiary/aromatic N) is 4. The van der Waals surface area contributed by atoms with Gasteiger partial charge in [-0.25, -0.2) is 19.9 Å². The SMILES string of the molecule is CCCNc1cc(C)nc(CSc2nc(C)cc(C)n2)n1. The van der Waals surface area contributed by atoms with E-state index in [0.717, 1.165) is 46.8 Å². The minimum atomic E-state index is 0.672. The van der Waals surface area contributed by atoms with Gasteiger partial charge in [-0.3, -0.25) is 0 Å². The average molecular weight is 303 g/mol. The highest BCUT2D eigenvalue weighted by Crippen LogP contribution is 2.19. The van der Waals surface area contributed by atoms with E-state index < -0.39 is 0 Å². The van der Waals surface area contributed by atoms with Crippen molar-refractivity contribution in [1.29, 1.82) is 0 Å². The molecule has 0 amide bonds. The molecule has 112 valence electrons. The second kappa shape index (κ2) is 7.36. The van der Waals surface area contributed by atoms with Gasteiger partial charge < -0.3 is 5.32 Å². The fourth-order valence-corrected chi connectivity index (χ4v) is 2.73. The molecule has 6 heteroatoms. The van der Waals surface area contributed by atoms with Crippen molar-refractivity contribution in [3.63, 3.8) is 0 Å². The Bertz CT molecular complexity index is 595. The van der Waals surface area contributed by atoms with Crippen LogP contribution in [0.1, 0.15) is 36.3 Å². The summed E-state index contributed by atoms with van der Waals surface area (Å²) in [6, 6.07) is 3.94. The zero-order chi connectivity index (χ0) is 15.2. The Morgan fingerprint density at radius 3 is 2.29 bits per heavy atom. The van der Waals surface area contributed by atoms with E-state index in [1.54, 1.807) is 11.8 Å². The highest BCUT2D eigenvalue weighted by Gasteiger charge is 2.06. The molecule has 0 aliphatic heterocycles. The van der Waals surface area contributed by atoms with Gasteiger partial charge in [-0.15, -0.1) is 0 Å². The third-order valence-corrected chi connectivity index (χ3v) is 3.59. The summed E-state index contributed by atoms with van der Waals surface area (Å²) in [6.07, 6.45) is 1.07. The Morgan fingerprint density at radius 2 is 1.62 bits per heavy atom. The van der Waals surface area contributed by atoms with Gasteiger partial charge >= 0.3 is 0 Å². The van der Waals surface area contributed by atoms with Crippen LogP contribution in [0.3, 0.4) is 0 Å². The minimum absolute atomic E-state index is 0.672. The zero-order valence-corrected chi connectivity index (χ0v) is 13.8. The second-order valence-electron chi connectivity index (χ2n) is 4.96. The van der Waals surface area contributed by atoms with E-state index >= 15 is 0 Å². The third-order valence-electron chi connectivity index (χ3n) is 2.75. The maximum absolute atomic E-state index is 4.53. The lowest BCUT2D eigenvalue weighted by molar-refractivity contribution is 0.896. The van der Waals surface area contributed by atoms with Gasteiger partial charge in [-0.1, -0.05) is 18.7 Å². The molecule has 0 atom stereocenters. The molecule has 0 saturated heterocycles. The molecule has 0 bridgehead atoms. The van der Waals surface area contributed by atoms with Crippen LogP contribution in [0.2, 0.25) is 0 Å². The number of hydrogen-bond donors (Lipinski definition) is 1. The monoisotopic (exact) mass is 303 g/mol. The highest BCUT2D eigenvalue weighted by molar-refractivity contribution is 7.98. The molecule has 21 heavy (non-hydrogen) atoms. The molecule has 5 nitrogen and oxygen atoms in total. The highest BCUT2D eigenvalue weighted by atomic mass is 32.2. The lowest BCUT2D eigenvalue weighted by Crippen LogP contribution is -2.05. The van der Waals surface area contributed by atoms with Gasteiger partial charge in [0.25, 0.3) is 0 Å². The number of aromatic nitrogens is 4. The van der Waals surface area contributed by atoms with Gasteiger partial charge in [-0.2, -0.15) is 0 Å². The molecule has 0 unspecified atom stereocenters. The normalized spacial score (nSPS) is 10.7. The van der Waals surface area contributed by atoms with E-state index in [9.17, 15) is 0 Å². The first kappa shape index (κ1) is 15.7.